The number of nitrogens with zero attached hydrogens (tertiary/aromatic N) is 5. The summed E-state index contributed by atoms with van der Waals surface area (Å²) in [6.07, 6.45) is 8.60. The molecule has 29 heavy (non-hydrogen) atoms. The van der Waals surface area contributed by atoms with Crippen LogP contribution in [0.3, 0.4) is 0 Å². The van der Waals surface area contributed by atoms with E-state index in [4.69, 9.17) is 4.98 Å². The highest BCUT2D eigenvalue weighted by Crippen LogP contribution is 2.32. The fourth-order valence-corrected chi connectivity index (χ4v) is 4.60. The number of fused-ring (bicyclic) bond motifs is 2. The lowest BCUT2D eigenvalue weighted by atomic mass is 9.98. The monoisotopic (exact) mass is 390 g/mol. The van der Waals surface area contributed by atoms with Crippen molar-refractivity contribution in [2.24, 2.45) is 0 Å². The summed E-state index contributed by atoms with van der Waals surface area (Å²) in [4.78, 5) is 7.02. The standard InChI is InChI=1S/C21H26N8/c1-22-21-17(13-11-23-24-12-13)5-6-18(26-21)19-7-8-20(28-27-19)29(2)16-9-14-3-4-15(10-16)25-14/h5-8,11-12,14-16,25H,3-4,9-10H2,1-2H3,(H,22,26)(H,23,24). The van der Waals surface area contributed by atoms with Crippen molar-refractivity contribution in [3.8, 4) is 22.5 Å². The van der Waals surface area contributed by atoms with Crippen molar-refractivity contribution < 1.29 is 0 Å². The fraction of sp³-hybridized carbons (Fsp3) is 0.429. The van der Waals surface area contributed by atoms with Gasteiger partial charge in [0.2, 0.25) is 0 Å². The van der Waals surface area contributed by atoms with Crippen molar-refractivity contribution >= 4 is 11.6 Å². The number of anilines is 2. The van der Waals surface area contributed by atoms with Crippen molar-refractivity contribution in [1.82, 2.24) is 30.7 Å². The number of nitrogens with one attached hydrogen (secondary N) is 3. The molecule has 8 nitrogen and oxygen atoms in total. The lowest BCUT2D eigenvalue weighted by Crippen LogP contribution is -2.47. The Labute approximate surface area is 170 Å². The van der Waals surface area contributed by atoms with Gasteiger partial charge in [-0.1, -0.05) is 0 Å². The molecule has 3 N–H and O–H groups in total. The summed E-state index contributed by atoms with van der Waals surface area (Å²) >= 11 is 0. The number of H-pyrrole nitrogens is 1. The van der Waals surface area contributed by atoms with Crippen LogP contribution < -0.4 is 15.5 Å². The number of aromatic nitrogens is 5. The van der Waals surface area contributed by atoms with Gasteiger partial charge in [0.05, 0.1) is 11.9 Å². The molecule has 0 saturated carbocycles. The van der Waals surface area contributed by atoms with E-state index < -0.39 is 0 Å². The third-order valence-electron chi connectivity index (χ3n) is 6.21. The topological polar surface area (TPSA) is 94.7 Å². The second-order valence-electron chi connectivity index (χ2n) is 7.98. The average Bonchev–Trinajstić information content (AvgIpc) is 3.42. The SMILES string of the molecule is CNc1nc(-c2ccc(N(C)C3CC4CCC(C3)N4)nn2)ccc1-c1cn[nH]c1. The van der Waals surface area contributed by atoms with Crippen LogP contribution in [-0.2, 0) is 0 Å². The zero-order chi connectivity index (χ0) is 19.8. The summed E-state index contributed by atoms with van der Waals surface area (Å²) < 4.78 is 0. The zero-order valence-corrected chi connectivity index (χ0v) is 16.8. The van der Waals surface area contributed by atoms with Crippen LogP contribution in [0.5, 0.6) is 0 Å². The van der Waals surface area contributed by atoms with Gasteiger partial charge in [-0.15, -0.1) is 10.2 Å². The summed E-state index contributed by atoms with van der Waals surface area (Å²) in [5.74, 6) is 1.71. The first-order chi connectivity index (χ1) is 14.2. The molecule has 2 fully saturated rings. The van der Waals surface area contributed by atoms with Gasteiger partial charge in [-0.05, 0) is 49.9 Å². The maximum atomic E-state index is 4.73. The Bertz CT molecular complexity index is 957. The lowest BCUT2D eigenvalue weighted by molar-refractivity contribution is 0.353. The van der Waals surface area contributed by atoms with Gasteiger partial charge in [-0.2, -0.15) is 5.10 Å². The summed E-state index contributed by atoms with van der Waals surface area (Å²) in [6, 6.07) is 9.91. The van der Waals surface area contributed by atoms with Crippen LogP contribution >= 0.6 is 0 Å². The molecule has 2 unspecified atom stereocenters. The molecule has 3 aromatic rings. The van der Waals surface area contributed by atoms with Gasteiger partial charge in [0.25, 0.3) is 0 Å². The number of rotatable bonds is 5. The number of hydrogen-bond acceptors (Lipinski definition) is 7. The molecular weight excluding hydrogens is 364 g/mol. The van der Waals surface area contributed by atoms with E-state index in [9.17, 15) is 0 Å². The van der Waals surface area contributed by atoms with E-state index in [1.165, 1.54) is 25.7 Å². The molecule has 0 aliphatic carbocycles. The van der Waals surface area contributed by atoms with Gasteiger partial charge >= 0.3 is 0 Å². The first-order valence-electron chi connectivity index (χ1n) is 10.2. The van der Waals surface area contributed by atoms with E-state index in [1.807, 2.05) is 31.4 Å². The van der Waals surface area contributed by atoms with Crippen molar-refractivity contribution in [3.63, 3.8) is 0 Å². The third-order valence-corrected chi connectivity index (χ3v) is 6.21. The molecule has 5 rings (SSSR count). The summed E-state index contributed by atoms with van der Waals surface area (Å²) in [7, 11) is 4.00. The van der Waals surface area contributed by atoms with Gasteiger partial charge in [-0.3, -0.25) is 5.10 Å². The Balaban J connectivity index is 1.36. The van der Waals surface area contributed by atoms with Crippen LogP contribution in [0, 0.1) is 0 Å². The lowest BCUT2D eigenvalue weighted by Gasteiger charge is -2.36. The smallest absolute Gasteiger partial charge is 0.151 e. The molecule has 0 radical (unpaired) electrons. The second kappa shape index (κ2) is 7.44. The zero-order valence-electron chi connectivity index (χ0n) is 16.8. The van der Waals surface area contributed by atoms with E-state index in [2.05, 4.69) is 49.0 Å². The second-order valence-corrected chi connectivity index (χ2v) is 7.98. The Morgan fingerprint density at radius 2 is 1.83 bits per heavy atom. The molecule has 2 aliphatic rings. The van der Waals surface area contributed by atoms with E-state index in [0.717, 1.165) is 34.2 Å². The molecule has 2 saturated heterocycles. The van der Waals surface area contributed by atoms with Crippen molar-refractivity contribution in [3.05, 3.63) is 36.7 Å². The van der Waals surface area contributed by atoms with E-state index >= 15 is 0 Å². The minimum atomic E-state index is 0.525. The highest BCUT2D eigenvalue weighted by Gasteiger charge is 2.35. The van der Waals surface area contributed by atoms with Crippen molar-refractivity contribution in [2.75, 3.05) is 24.3 Å². The van der Waals surface area contributed by atoms with Crippen LogP contribution in [0.2, 0.25) is 0 Å². The van der Waals surface area contributed by atoms with Gasteiger partial charge in [0, 0.05) is 49.5 Å². The molecule has 2 bridgehead atoms. The largest absolute Gasteiger partial charge is 0.373 e. The summed E-state index contributed by atoms with van der Waals surface area (Å²) in [5, 5.41) is 22.7. The third kappa shape index (κ3) is 3.44. The molecule has 5 heterocycles. The quantitative estimate of drug-likeness (QED) is 0.616. The molecule has 2 aliphatic heterocycles. The van der Waals surface area contributed by atoms with Crippen LogP contribution in [0.25, 0.3) is 22.5 Å². The first-order valence-corrected chi connectivity index (χ1v) is 10.2. The average molecular weight is 390 g/mol. The molecule has 2 atom stereocenters. The molecule has 0 spiro atoms. The predicted molar refractivity (Wildman–Crippen MR) is 114 cm³/mol. The predicted octanol–water partition coefficient (Wildman–Crippen LogP) is 2.69. The van der Waals surface area contributed by atoms with Crippen molar-refractivity contribution in [2.45, 2.75) is 43.8 Å². The van der Waals surface area contributed by atoms with Crippen LogP contribution in [0.4, 0.5) is 11.6 Å². The number of piperidine rings is 1. The van der Waals surface area contributed by atoms with Gasteiger partial charge in [-0.25, -0.2) is 4.98 Å². The summed E-state index contributed by atoms with van der Waals surface area (Å²) in [5.41, 5.74) is 3.55. The molecule has 3 aromatic heterocycles. The summed E-state index contributed by atoms with van der Waals surface area (Å²) in [6.45, 7) is 0. The molecular formula is C21H26N8. The van der Waals surface area contributed by atoms with Crippen LogP contribution in [-0.4, -0.2) is 57.6 Å². The molecule has 0 amide bonds. The Morgan fingerprint density at radius 1 is 1.03 bits per heavy atom. The minimum absolute atomic E-state index is 0.525. The first kappa shape index (κ1) is 18.1. The highest BCUT2D eigenvalue weighted by atomic mass is 15.3. The molecule has 150 valence electrons. The molecule has 8 heteroatoms. The Kier molecular flexibility index (Phi) is 4.63. The normalized spacial score (nSPS) is 23.2. The van der Waals surface area contributed by atoms with Gasteiger partial charge in [0.15, 0.2) is 5.82 Å². The number of pyridine rings is 1. The van der Waals surface area contributed by atoms with Gasteiger partial charge < -0.3 is 15.5 Å². The van der Waals surface area contributed by atoms with Crippen LogP contribution in [0.1, 0.15) is 25.7 Å². The Hall–Kier alpha value is -3.00. The maximum Gasteiger partial charge on any atom is 0.151 e. The van der Waals surface area contributed by atoms with Crippen molar-refractivity contribution in [1.29, 1.82) is 0 Å². The molecule has 0 aromatic carbocycles. The Morgan fingerprint density at radius 3 is 2.48 bits per heavy atom. The number of aromatic amines is 1. The van der Waals surface area contributed by atoms with E-state index in [1.54, 1.807) is 6.20 Å². The number of hydrogen-bond donors (Lipinski definition) is 3. The maximum absolute atomic E-state index is 4.73. The highest BCUT2D eigenvalue weighted by molar-refractivity contribution is 5.76. The minimum Gasteiger partial charge on any atom is -0.373 e. The van der Waals surface area contributed by atoms with E-state index in [-0.39, 0.29) is 0 Å². The fourth-order valence-electron chi connectivity index (χ4n) is 4.60. The van der Waals surface area contributed by atoms with Gasteiger partial charge in [0.1, 0.15) is 11.5 Å². The van der Waals surface area contributed by atoms with E-state index in [0.29, 0.717) is 18.1 Å². The van der Waals surface area contributed by atoms with Crippen LogP contribution in [0.15, 0.2) is 36.7 Å².